The zero-order valence-corrected chi connectivity index (χ0v) is 11.8. The fourth-order valence-corrected chi connectivity index (χ4v) is 2.69. The maximum atomic E-state index is 12.3. The first-order valence-electron chi connectivity index (χ1n) is 6.41. The maximum absolute atomic E-state index is 12.3. The smallest absolute Gasteiger partial charge is 0.221 e. The second-order valence-corrected chi connectivity index (χ2v) is 5.29. The molecule has 0 aliphatic carbocycles. The van der Waals surface area contributed by atoms with E-state index in [1.165, 1.54) is 11.3 Å². The van der Waals surface area contributed by atoms with Crippen LogP contribution in [0.15, 0.2) is 66.0 Å². The fourth-order valence-electron chi connectivity index (χ4n) is 1.93. The van der Waals surface area contributed by atoms with Gasteiger partial charge in [-0.25, -0.2) is 4.98 Å². The molecule has 0 saturated heterocycles. The van der Waals surface area contributed by atoms with Crippen molar-refractivity contribution in [1.29, 1.82) is 0 Å². The van der Waals surface area contributed by atoms with E-state index in [4.69, 9.17) is 0 Å². The van der Waals surface area contributed by atoms with Crippen molar-refractivity contribution in [2.75, 3.05) is 0 Å². The third-order valence-corrected chi connectivity index (χ3v) is 3.84. The van der Waals surface area contributed by atoms with Gasteiger partial charge in [0.2, 0.25) is 11.6 Å². The predicted octanol–water partition coefficient (Wildman–Crippen LogP) is 3.61. The van der Waals surface area contributed by atoms with Gasteiger partial charge in [0.15, 0.2) is 5.01 Å². The molecule has 0 fully saturated rings. The molecule has 4 heteroatoms. The van der Waals surface area contributed by atoms with Crippen molar-refractivity contribution >= 4 is 22.9 Å². The number of hydrogen-bond donors (Lipinski definition) is 0. The molecule has 2 aromatic carbocycles. The molecule has 0 spiro atoms. The number of carbonyl (C=O) groups excluding carboxylic acids is 2. The van der Waals surface area contributed by atoms with E-state index < -0.39 is 0 Å². The van der Waals surface area contributed by atoms with E-state index in [1.807, 2.05) is 12.1 Å². The van der Waals surface area contributed by atoms with Gasteiger partial charge in [0.05, 0.1) is 0 Å². The molecular formula is C17H11NO2S. The second-order valence-electron chi connectivity index (χ2n) is 4.43. The van der Waals surface area contributed by atoms with Gasteiger partial charge >= 0.3 is 0 Å². The van der Waals surface area contributed by atoms with Gasteiger partial charge in [-0.05, 0) is 0 Å². The highest BCUT2D eigenvalue weighted by Gasteiger charge is 2.17. The molecule has 0 atom stereocenters. The number of rotatable bonds is 4. The zero-order valence-electron chi connectivity index (χ0n) is 11.0. The standard InChI is InChI=1S/C17H11NO2S/c19-15(12-7-3-1-4-8-12)14-11-21-17(18-14)16(20)13-9-5-2-6-10-13/h1-11H. The molecule has 1 heterocycles. The molecule has 0 amide bonds. The Morgan fingerprint density at radius 2 is 1.29 bits per heavy atom. The van der Waals surface area contributed by atoms with Gasteiger partial charge in [-0.2, -0.15) is 0 Å². The highest BCUT2D eigenvalue weighted by molar-refractivity contribution is 7.12. The van der Waals surface area contributed by atoms with Gasteiger partial charge in [0.25, 0.3) is 0 Å². The van der Waals surface area contributed by atoms with Crippen LogP contribution in [0.1, 0.15) is 31.4 Å². The molecule has 0 bridgehead atoms. The lowest BCUT2D eigenvalue weighted by molar-refractivity contribution is 0.103. The lowest BCUT2D eigenvalue weighted by atomic mass is 10.1. The minimum absolute atomic E-state index is 0.160. The van der Waals surface area contributed by atoms with Crippen molar-refractivity contribution in [3.8, 4) is 0 Å². The lowest BCUT2D eigenvalue weighted by Gasteiger charge is -1.97. The summed E-state index contributed by atoms with van der Waals surface area (Å²) < 4.78 is 0. The third kappa shape index (κ3) is 2.80. The first kappa shape index (κ1) is 13.4. The van der Waals surface area contributed by atoms with Crippen molar-refractivity contribution in [2.24, 2.45) is 0 Å². The minimum Gasteiger partial charge on any atom is -0.287 e. The van der Waals surface area contributed by atoms with Crippen LogP contribution in [0.3, 0.4) is 0 Å². The van der Waals surface area contributed by atoms with Crippen LogP contribution in [0.2, 0.25) is 0 Å². The molecule has 102 valence electrons. The highest BCUT2D eigenvalue weighted by Crippen LogP contribution is 2.17. The Morgan fingerprint density at radius 3 is 1.86 bits per heavy atom. The average Bonchev–Trinajstić information content (AvgIpc) is 3.05. The Kier molecular flexibility index (Phi) is 3.71. The van der Waals surface area contributed by atoms with E-state index in [-0.39, 0.29) is 11.6 Å². The van der Waals surface area contributed by atoms with E-state index in [0.717, 1.165) is 0 Å². The van der Waals surface area contributed by atoms with E-state index in [0.29, 0.717) is 21.8 Å². The lowest BCUT2D eigenvalue weighted by Crippen LogP contribution is -2.04. The summed E-state index contributed by atoms with van der Waals surface area (Å²) in [6, 6.07) is 17.9. The fraction of sp³-hybridized carbons (Fsp3) is 0. The molecule has 0 saturated carbocycles. The SMILES string of the molecule is O=C(c1ccccc1)c1csc(C(=O)c2ccccc2)n1. The molecule has 1 aromatic heterocycles. The number of thiazole rings is 1. The van der Waals surface area contributed by atoms with Crippen LogP contribution in [-0.2, 0) is 0 Å². The van der Waals surface area contributed by atoms with Crippen molar-refractivity contribution in [3.05, 3.63) is 87.9 Å². The quantitative estimate of drug-likeness (QED) is 0.690. The summed E-state index contributed by atoms with van der Waals surface area (Å²) in [4.78, 5) is 28.7. The van der Waals surface area contributed by atoms with Gasteiger partial charge in [-0.1, -0.05) is 60.7 Å². The van der Waals surface area contributed by atoms with E-state index in [1.54, 1.807) is 53.9 Å². The Balaban J connectivity index is 1.87. The summed E-state index contributed by atoms with van der Waals surface area (Å²) in [7, 11) is 0. The van der Waals surface area contributed by atoms with E-state index in [9.17, 15) is 9.59 Å². The molecule has 21 heavy (non-hydrogen) atoms. The molecule has 3 aromatic rings. The van der Waals surface area contributed by atoms with Crippen LogP contribution < -0.4 is 0 Å². The number of nitrogens with zero attached hydrogens (tertiary/aromatic N) is 1. The molecule has 3 rings (SSSR count). The molecule has 0 aliphatic heterocycles. The normalized spacial score (nSPS) is 10.3. The van der Waals surface area contributed by atoms with Gasteiger partial charge in [0, 0.05) is 16.5 Å². The van der Waals surface area contributed by atoms with Gasteiger partial charge in [-0.3, -0.25) is 9.59 Å². The molecule has 0 N–H and O–H groups in total. The molecule has 0 unspecified atom stereocenters. The van der Waals surface area contributed by atoms with Crippen molar-refractivity contribution in [1.82, 2.24) is 4.98 Å². The van der Waals surface area contributed by atoms with Crippen LogP contribution in [0.4, 0.5) is 0 Å². The number of aromatic nitrogens is 1. The maximum Gasteiger partial charge on any atom is 0.221 e. The molecule has 0 aliphatic rings. The zero-order chi connectivity index (χ0) is 14.7. The number of hydrogen-bond acceptors (Lipinski definition) is 4. The topological polar surface area (TPSA) is 47.0 Å². The monoisotopic (exact) mass is 293 g/mol. The van der Waals surface area contributed by atoms with E-state index >= 15 is 0 Å². The largest absolute Gasteiger partial charge is 0.287 e. The highest BCUT2D eigenvalue weighted by atomic mass is 32.1. The van der Waals surface area contributed by atoms with Crippen LogP contribution in [-0.4, -0.2) is 16.6 Å². The summed E-state index contributed by atoms with van der Waals surface area (Å²) in [5.41, 5.74) is 1.46. The predicted molar refractivity (Wildman–Crippen MR) is 81.9 cm³/mol. The Morgan fingerprint density at radius 1 is 0.762 bits per heavy atom. The molecular weight excluding hydrogens is 282 g/mol. The van der Waals surface area contributed by atoms with E-state index in [2.05, 4.69) is 4.98 Å². The summed E-state index contributed by atoms with van der Waals surface area (Å²) in [5, 5.41) is 1.96. The second kappa shape index (κ2) is 5.81. The Labute approximate surface area is 125 Å². The Bertz CT molecular complexity index is 713. The van der Waals surface area contributed by atoms with Gasteiger partial charge in [0.1, 0.15) is 5.69 Å². The first-order valence-corrected chi connectivity index (χ1v) is 7.28. The van der Waals surface area contributed by atoms with Gasteiger partial charge < -0.3 is 0 Å². The van der Waals surface area contributed by atoms with Crippen molar-refractivity contribution in [3.63, 3.8) is 0 Å². The summed E-state index contributed by atoms with van der Waals surface area (Å²) >= 11 is 1.19. The van der Waals surface area contributed by atoms with Crippen molar-refractivity contribution < 1.29 is 9.59 Å². The van der Waals surface area contributed by atoms with Crippen LogP contribution in [0, 0.1) is 0 Å². The van der Waals surface area contributed by atoms with Crippen LogP contribution in [0.25, 0.3) is 0 Å². The number of carbonyl (C=O) groups is 2. The summed E-state index contributed by atoms with van der Waals surface area (Å²) in [6.45, 7) is 0. The first-order chi connectivity index (χ1) is 10.3. The van der Waals surface area contributed by atoms with Crippen LogP contribution in [0.5, 0.6) is 0 Å². The summed E-state index contributed by atoms with van der Waals surface area (Å²) in [5.74, 6) is -0.327. The molecule has 3 nitrogen and oxygen atoms in total. The van der Waals surface area contributed by atoms with Gasteiger partial charge in [-0.15, -0.1) is 11.3 Å². The van der Waals surface area contributed by atoms with Crippen molar-refractivity contribution in [2.45, 2.75) is 0 Å². The Hall–Kier alpha value is -2.59. The van der Waals surface area contributed by atoms with Crippen LogP contribution >= 0.6 is 11.3 Å². The average molecular weight is 293 g/mol. The summed E-state index contributed by atoms with van der Waals surface area (Å²) in [6.07, 6.45) is 0. The number of benzene rings is 2. The third-order valence-electron chi connectivity index (χ3n) is 3.00. The molecule has 0 radical (unpaired) electrons. The minimum atomic E-state index is -0.168. The number of ketones is 2.